The van der Waals surface area contributed by atoms with E-state index in [1.54, 1.807) is 0 Å². The molecule has 3 heteroatoms. The maximum Gasteiger partial charge on any atom is 0.298 e. The zero-order valence-corrected chi connectivity index (χ0v) is 11.2. The first-order valence-corrected chi connectivity index (χ1v) is 7.51. The van der Waals surface area contributed by atoms with Crippen molar-refractivity contribution in [1.29, 1.82) is 0 Å². The zero-order valence-electron chi connectivity index (χ0n) is 11.2. The number of piperidine rings is 1. The van der Waals surface area contributed by atoms with Gasteiger partial charge < -0.3 is 9.32 Å². The molecule has 0 N–H and O–H groups in total. The molecule has 2 fully saturated rings. The minimum Gasteiger partial charge on any atom is -0.423 e. The Bertz CT molecular complexity index is 544. The Hall–Kier alpha value is -1.51. The summed E-state index contributed by atoms with van der Waals surface area (Å²) in [4.78, 5) is 6.99. The minimum atomic E-state index is 0.824. The first-order chi connectivity index (χ1) is 9.40. The third kappa shape index (κ3) is 2.01. The number of benzene rings is 1. The Balaban J connectivity index is 1.58. The molecule has 19 heavy (non-hydrogen) atoms. The molecule has 1 saturated carbocycles. The van der Waals surface area contributed by atoms with Crippen LogP contribution in [0.2, 0.25) is 0 Å². The maximum atomic E-state index is 5.90. The Morgan fingerprint density at radius 3 is 2.79 bits per heavy atom. The molecule has 100 valence electrons. The first-order valence-electron chi connectivity index (χ1n) is 7.51. The number of fused-ring (bicyclic) bond motifs is 2. The first kappa shape index (κ1) is 11.3. The predicted molar refractivity (Wildman–Crippen MR) is 76.3 cm³/mol. The van der Waals surface area contributed by atoms with Crippen LogP contribution in [0, 0.1) is 11.8 Å². The van der Waals surface area contributed by atoms with Gasteiger partial charge in [0, 0.05) is 13.1 Å². The van der Waals surface area contributed by atoms with E-state index in [-0.39, 0.29) is 0 Å². The van der Waals surface area contributed by atoms with E-state index >= 15 is 0 Å². The second-order valence-corrected chi connectivity index (χ2v) is 6.00. The van der Waals surface area contributed by atoms with Gasteiger partial charge in [-0.3, -0.25) is 0 Å². The lowest BCUT2D eigenvalue weighted by Gasteiger charge is -2.40. The van der Waals surface area contributed by atoms with Crippen LogP contribution in [0.15, 0.2) is 28.7 Å². The predicted octanol–water partition coefficient (Wildman–Crippen LogP) is 3.84. The van der Waals surface area contributed by atoms with Gasteiger partial charge in [0.25, 0.3) is 6.01 Å². The molecule has 0 bridgehead atoms. The average Bonchev–Trinajstić information content (AvgIpc) is 2.90. The molecular formula is C16H20N2O. The van der Waals surface area contributed by atoms with Crippen molar-refractivity contribution in [3.05, 3.63) is 24.3 Å². The van der Waals surface area contributed by atoms with Crippen molar-refractivity contribution in [3.63, 3.8) is 0 Å². The van der Waals surface area contributed by atoms with Crippen LogP contribution in [-0.2, 0) is 0 Å². The second kappa shape index (κ2) is 4.55. The molecule has 1 aliphatic heterocycles. The molecule has 2 atom stereocenters. The van der Waals surface area contributed by atoms with Crippen molar-refractivity contribution < 1.29 is 4.42 Å². The van der Waals surface area contributed by atoms with E-state index in [2.05, 4.69) is 9.88 Å². The monoisotopic (exact) mass is 256 g/mol. The van der Waals surface area contributed by atoms with Crippen molar-refractivity contribution in [2.75, 3.05) is 18.0 Å². The van der Waals surface area contributed by atoms with Gasteiger partial charge in [0.05, 0.1) is 0 Å². The highest BCUT2D eigenvalue weighted by atomic mass is 16.4. The summed E-state index contributed by atoms with van der Waals surface area (Å²) in [6.45, 7) is 2.24. The van der Waals surface area contributed by atoms with Crippen LogP contribution in [0.25, 0.3) is 11.1 Å². The molecule has 2 aliphatic rings. The van der Waals surface area contributed by atoms with E-state index in [1.165, 1.54) is 32.1 Å². The van der Waals surface area contributed by atoms with Gasteiger partial charge in [-0.05, 0) is 36.8 Å². The van der Waals surface area contributed by atoms with E-state index in [0.717, 1.165) is 42.0 Å². The third-order valence-electron chi connectivity index (χ3n) is 4.84. The lowest BCUT2D eigenvalue weighted by molar-refractivity contribution is 0.199. The summed E-state index contributed by atoms with van der Waals surface area (Å²) in [6.07, 6.45) is 6.98. The molecule has 0 spiro atoms. The summed E-state index contributed by atoms with van der Waals surface area (Å²) in [5, 5.41) is 0. The van der Waals surface area contributed by atoms with E-state index in [9.17, 15) is 0 Å². The fourth-order valence-corrected chi connectivity index (χ4v) is 3.77. The highest BCUT2D eigenvalue weighted by molar-refractivity contribution is 5.74. The summed E-state index contributed by atoms with van der Waals surface area (Å²) in [6, 6.07) is 8.87. The molecule has 1 aromatic heterocycles. The van der Waals surface area contributed by atoms with Gasteiger partial charge in [-0.25, -0.2) is 0 Å². The van der Waals surface area contributed by atoms with E-state index < -0.39 is 0 Å². The summed E-state index contributed by atoms with van der Waals surface area (Å²) in [7, 11) is 0. The number of nitrogens with zero attached hydrogens (tertiary/aromatic N) is 2. The van der Waals surface area contributed by atoms with Crippen LogP contribution in [-0.4, -0.2) is 18.1 Å². The zero-order chi connectivity index (χ0) is 12.7. The minimum absolute atomic E-state index is 0.824. The molecular weight excluding hydrogens is 236 g/mol. The topological polar surface area (TPSA) is 29.3 Å². The number of oxazole rings is 1. The van der Waals surface area contributed by atoms with Gasteiger partial charge in [0.1, 0.15) is 5.52 Å². The van der Waals surface area contributed by atoms with Crippen LogP contribution >= 0.6 is 0 Å². The fourth-order valence-electron chi connectivity index (χ4n) is 3.77. The summed E-state index contributed by atoms with van der Waals surface area (Å²) >= 11 is 0. The third-order valence-corrected chi connectivity index (χ3v) is 4.84. The molecule has 0 unspecified atom stereocenters. The summed E-state index contributed by atoms with van der Waals surface area (Å²) in [5.41, 5.74) is 1.88. The van der Waals surface area contributed by atoms with Gasteiger partial charge in [0.15, 0.2) is 5.58 Å². The smallest absolute Gasteiger partial charge is 0.298 e. The van der Waals surface area contributed by atoms with Crippen LogP contribution in [0.4, 0.5) is 6.01 Å². The van der Waals surface area contributed by atoms with Gasteiger partial charge >= 0.3 is 0 Å². The normalized spacial score (nSPS) is 27.5. The van der Waals surface area contributed by atoms with Crippen molar-refractivity contribution in [2.45, 2.75) is 32.1 Å². The van der Waals surface area contributed by atoms with Gasteiger partial charge in [-0.2, -0.15) is 4.98 Å². The second-order valence-electron chi connectivity index (χ2n) is 6.00. The van der Waals surface area contributed by atoms with Gasteiger partial charge in [-0.15, -0.1) is 0 Å². The molecule has 1 aliphatic carbocycles. The summed E-state index contributed by atoms with van der Waals surface area (Å²) < 4.78 is 5.90. The lowest BCUT2D eigenvalue weighted by Crippen LogP contribution is -2.41. The van der Waals surface area contributed by atoms with Crippen LogP contribution in [0.5, 0.6) is 0 Å². The highest BCUT2D eigenvalue weighted by Gasteiger charge is 2.32. The number of rotatable bonds is 1. The van der Waals surface area contributed by atoms with Crippen LogP contribution in [0.1, 0.15) is 32.1 Å². The molecule has 1 aromatic carbocycles. The Morgan fingerprint density at radius 2 is 1.89 bits per heavy atom. The van der Waals surface area contributed by atoms with Gasteiger partial charge in [0.2, 0.25) is 0 Å². The molecule has 3 nitrogen and oxygen atoms in total. The molecule has 2 aromatic rings. The molecule has 2 heterocycles. The lowest BCUT2D eigenvalue weighted by atomic mass is 9.75. The molecule has 4 rings (SSSR count). The van der Waals surface area contributed by atoms with Crippen molar-refractivity contribution >= 4 is 17.1 Å². The van der Waals surface area contributed by atoms with Crippen molar-refractivity contribution in [1.82, 2.24) is 4.98 Å². The molecule has 0 radical (unpaired) electrons. The number of anilines is 1. The van der Waals surface area contributed by atoms with Crippen LogP contribution in [0.3, 0.4) is 0 Å². The molecule has 1 saturated heterocycles. The Kier molecular flexibility index (Phi) is 2.71. The van der Waals surface area contributed by atoms with E-state index in [1.807, 2.05) is 24.3 Å². The quantitative estimate of drug-likeness (QED) is 0.776. The fraction of sp³-hybridized carbons (Fsp3) is 0.562. The number of aromatic nitrogens is 1. The van der Waals surface area contributed by atoms with Crippen molar-refractivity contribution in [2.24, 2.45) is 11.8 Å². The molecule has 0 amide bonds. The van der Waals surface area contributed by atoms with E-state index in [0.29, 0.717) is 0 Å². The maximum absolute atomic E-state index is 5.90. The summed E-state index contributed by atoms with van der Waals surface area (Å²) in [5.74, 6) is 1.81. The average molecular weight is 256 g/mol. The number of para-hydroxylation sites is 2. The highest BCUT2D eigenvalue weighted by Crippen LogP contribution is 2.37. The van der Waals surface area contributed by atoms with Crippen LogP contribution < -0.4 is 4.90 Å². The standard InChI is InChI=1S/C16H20N2O/c1-2-6-13-11-18(10-9-12(13)5-1)16-17-14-7-3-4-8-15(14)19-16/h3-4,7-8,12-13H,1-2,5-6,9-11H2/t12-,13+/m1/s1. The van der Waals surface area contributed by atoms with Crippen molar-refractivity contribution in [3.8, 4) is 0 Å². The largest absolute Gasteiger partial charge is 0.423 e. The number of hydrogen-bond donors (Lipinski definition) is 0. The van der Waals surface area contributed by atoms with E-state index in [4.69, 9.17) is 4.42 Å². The van der Waals surface area contributed by atoms with Gasteiger partial charge in [-0.1, -0.05) is 31.4 Å². The Labute approximate surface area is 113 Å². The SMILES string of the molecule is c1ccc2oc(N3CC[C@H]4CCCC[C@H]4C3)nc2c1. The number of hydrogen-bond acceptors (Lipinski definition) is 3. The Morgan fingerprint density at radius 1 is 1.05 bits per heavy atom.